The number of urea groups is 1. The van der Waals surface area contributed by atoms with Crippen molar-refractivity contribution >= 4 is 17.8 Å². The van der Waals surface area contributed by atoms with Crippen molar-refractivity contribution in [3.63, 3.8) is 0 Å². The number of nitrogens with zero attached hydrogens (tertiary/aromatic N) is 1. The second kappa shape index (κ2) is 10.2. The smallest absolute Gasteiger partial charge is 0.324 e. The molecule has 2 N–H and O–H groups in total. The van der Waals surface area contributed by atoms with Crippen LogP contribution < -0.4 is 20.1 Å². The molecule has 9 heteroatoms. The van der Waals surface area contributed by atoms with Gasteiger partial charge in [-0.25, -0.2) is 4.79 Å². The van der Waals surface area contributed by atoms with Gasteiger partial charge in [0.1, 0.15) is 6.04 Å². The zero-order valence-electron chi connectivity index (χ0n) is 19.2. The Morgan fingerprint density at radius 1 is 1.25 bits per heavy atom. The van der Waals surface area contributed by atoms with Gasteiger partial charge in [0.25, 0.3) is 5.91 Å². The summed E-state index contributed by atoms with van der Waals surface area (Å²) in [5.41, 5.74) is 0.672. The van der Waals surface area contributed by atoms with Gasteiger partial charge in [-0.15, -0.1) is 0 Å². The molecular weight excluding hydrogens is 414 g/mol. The molecule has 2 atom stereocenters. The van der Waals surface area contributed by atoms with Crippen LogP contribution in [0.4, 0.5) is 4.79 Å². The number of hydrogen-bond acceptors (Lipinski definition) is 6. The quantitative estimate of drug-likeness (QED) is 0.561. The largest absolute Gasteiger partial charge is 0.493 e. The van der Waals surface area contributed by atoms with E-state index in [1.807, 2.05) is 26.0 Å². The molecule has 0 aromatic heterocycles. The minimum atomic E-state index is -0.676. The van der Waals surface area contributed by atoms with Crippen molar-refractivity contribution in [2.45, 2.75) is 63.6 Å². The molecule has 0 bridgehead atoms. The van der Waals surface area contributed by atoms with Crippen molar-refractivity contribution in [3.05, 3.63) is 23.8 Å². The second-order valence-corrected chi connectivity index (χ2v) is 8.84. The van der Waals surface area contributed by atoms with E-state index in [0.717, 1.165) is 18.4 Å². The SMILES string of the molecule is COc1ccc(CCN2C(=O)NC(CCC(=O)NC3CCOC(C)(C)C3)C2=O)cc1OC. The van der Waals surface area contributed by atoms with Gasteiger partial charge in [0.05, 0.1) is 19.8 Å². The number of imide groups is 1. The lowest BCUT2D eigenvalue weighted by molar-refractivity contribution is -0.128. The zero-order valence-corrected chi connectivity index (χ0v) is 19.2. The first-order valence-corrected chi connectivity index (χ1v) is 11.0. The summed E-state index contributed by atoms with van der Waals surface area (Å²) in [5.74, 6) is 0.807. The summed E-state index contributed by atoms with van der Waals surface area (Å²) in [5, 5.41) is 5.72. The molecule has 0 saturated carbocycles. The van der Waals surface area contributed by atoms with Crippen molar-refractivity contribution < 1.29 is 28.6 Å². The third-order valence-corrected chi connectivity index (χ3v) is 5.90. The van der Waals surface area contributed by atoms with Gasteiger partial charge in [0.2, 0.25) is 5.91 Å². The maximum atomic E-state index is 12.7. The van der Waals surface area contributed by atoms with Crippen molar-refractivity contribution in [2.24, 2.45) is 0 Å². The highest BCUT2D eigenvalue weighted by Gasteiger charge is 2.38. The van der Waals surface area contributed by atoms with E-state index in [1.165, 1.54) is 4.90 Å². The van der Waals surface area contributed by atoms with Gasteiger partial charge in [-0.1, -0.05) is 6.07 Å². The Morgan fingerprint density at radius 3 is 2.69 bits per heavy atom. The van der Waals surface area contributed by atoms with Gasteiger partial charge >= 0.3 is 6.03 Å². The lowest BCUT2D eigenvalue weighted by atomic mass is 9.94. The number of benzene rings is 1. The number of carbonyl (C=O) groups excluding carboxylic acids is 3. The van der Waals surface area contributed by atoms with Crippen molar-refractivity contribution in [3.8, 4) is 11.5 Å². The minimum absolute atomic E-state index is 0.0677. The fourth-order valence-electron chi connectivity index (χ4n) is 4.19. The second-order valence-electron chi connectivity index (χ2n) is 8.84. The van der Waals surface area contributed by atoms with Gasteiger partial charge in [-0.3, -0.25) is 14.5 Å². The average molecular weight is 448 g/mol. The molecule has 1 aromatic carbocycles. The zero-order chi connectivity index (χ0) is 23.3. The molecule has 32 heavy (non-hydrogen) atoms. The fourth-order valence-corrected chi connectivity index (χ4v) is 4.19. The molecule has 3 rings (SSSR count). The highest BCUT2D eigenvalue weighted by atomic mass is 16.5. The van der Waals surface area contributed by atoms with Crippen LogP contribution in [0.3, 0.4) is 0 Å². The fraction of sp³-hybridized carbons (Fsp3) is 0.609. The predicted molar refractivity (Wildman–Crippen MR) is 118 cm³/mol. The first kappa shape index (κ1) is 23.8. The highest BCUT2D eigenvalue weighted by Crippen LogP contribution is 2.28. The molecular formula is C23H33N3O6. The lowest BCUT2D eigenvalue weighted by Gasteiger charge is -2.35. The van der Waals surface area contributed by atoms with E-state index in [-0.39, 0.29) is 42.8 Å². The van der Waals surface area contributed by atoms with Crippen LogP contribution in [-0.4, -0.2) is 67.8 Å². The van der Waals surface area contributed by atoms with E-state index in [2.05, 4.69) is 10.6 Å². The third-order valence-electron chi connectivity index (χ3n) is 5.90. The normalized spacial score (nSPS) is 22.4. The van der Waals surface area contributed by atoms with Crippen LogP contribution >= 0.6 is 0 Å². The summed E-state index contributed by atoms with van der Waals surface area (Å²) in [6.07, 6.45) is 2.47. The molecule has 2 aliphatic rings. The maximum absolute atomic E-state index is 12.7. The van der Waals surface area contributed by atoms with Crippen LogP contribution in [0.25, 0.3) is 0 Å². The van der Waals surface area contributed by atoms with E-state index in [4.69, 9.17) is 14.2 Å². The van der Waals surface area contributed by atoms with Gasteiger partial charge in [0, 0.05) is 25.6 Å². The standard InChI is InChI=1S/C23H33N3O6/c1-23(2)14-16(10-12-32-23)24-20(27)8-6-17-21(28)26(22(29)25-17)11-9-15-5-7-18(30-3)19(13-15)31-4/h5,7,13,16-17H,6,8-12,14H2,1-4H3,(H,24,27)(H,25,29). The summed E-state index contributed by atoms with van der Waals surface area (Å²) in [4.78, 5) is 38.6. The molecule has 1 aromatic rings. The van der Waals surface area contributed by atoms with E-state index in [9.17, 15) is 14.4 Å². The molecule has 0 aliphatic carbocycles. The van der Waals surface area contributed by atoms with Crippen LogP contribution in [0.15, 0.2) is 18.2 Å². The third kappa shape index (κ3) is 5.91. The van der Waals surface area contributed by atoms with Gasteiger partial charge in [-0.05, 0) is 57.2 Å². The first-order valence-electron chi connectivity index (χ1n) is 11.0. The number of amides is 4. The summed E-state index contributed by atoms with van der Waals surface area (Å²) < 4.78 is 16.2. The number of hydrogen-bond donors (Lipinski definition) is 2. The monoisotopic (exact) mass is 447 g/mol. The number of ether oxygens (including phenoxy) is 3. The molecule has 2 unspecified atom stereocenters. The minimum Gasteiger partial charge on any atom is -0.493 e. The van der Waals surface area contributed by atoms with Crippen LogP contribution in [0.5, 0.6) is 11.5 Å². The summed E-state index contributed by atoms with van der Waals surface area (Å²) in [6.45, 7) is 4.88. The van der Waals surface area contributed by atoms with Crippen LogP contribution in [-0.2, 0) is 20.7 Å². The van der Waals surface area contributed by atoms with Gasteiger partial charge in [-0.2, -0.15) is 0 Å². The van der Waals surface area contributed by atoms with Gasteiger partial charge < -0.3 is 24.8 Å². The summed E-state index contributed by atoms with van der Waals surface area (Å²) >= 11 is 0. The molecule has 0 spiro atoms. The Bertz CT molecular complexity index is 856. The Kier molecular flexibility index (Phi) is 7.60. The molecule has 176 valence electrons. The summed E-state index contributed by atoms with van der Waals surface area (Å²) in [7, 11) is 3.12. The number of methoxy groups -OCH3 is 2. The first-order chi connectivity index (χ1) is 15.2. The predicted octanol–water partition coefficient (Wildman–Crippen LogP) is 2.02. The number of rotatable bonds is 9. The highest BCUT2D eigenvalue weighted by molar-refractivity contribution is 6.04. The van der Waals surface area contributed by atoms with E-state index in [0.29, 0.717) is 24.5 Å². The van der Waals surface area contributed by atoms with Crippen molar-refractivity contribution in [2.75, 3.05) is 27.4 Å². The number of nitrogens with one attached hydrogen (secondary N) is 2. The van der Waals surface area contributed by atoms with Crippen LogP contribution in [0.1, 0.15) is 45.1 Å². The van der Waals surface area contributed by atoms with Gasteiger partial charge in [0.15, 0.2) is 11.5 Å². The molecule has 0 radical (unpaired) electrons. The molecule has 2 heterocycles. The molecule has 2 aliphatic heterocycles. The van der Waals surface area contributed by atoms with Crippen LogP contribution in [0, 0.1) is 0 Å². The maximum Gasteiger partial charge on any atom is 0.324 e. The average Bonchev–Trinajstić information content (AvgIpc) is 3.02. The Hall–Kier alpha value is -2.81. The van der Waals surface area contributed by atoms with Crippen molar-refractivity contribution in [1.82, 2.24) is 15.5 Å². The van der Waals surface area contributed by atoms with E-state index >= 15 is 0 Å². The lowest BCUT2D eigenvalue weighted by Crippen LogP contribution is -2.46. The molecule has 2 saturated heterocycles. The van der Waals surface area contributed by atoms with Crippen molar-refractivity contribution in [1.29, 1.82) is 0 Å². The Balaban J connectivity index is 1.47. The topological polar surface area (TPSA) is 106 Å². The Morgan fingerprint density at radius 2 is 2.00 bits per heavy atom. The van der Waals surface area contributed by atoms with E-state index < -0.39 is 12.1 Å². The molecule has 2 fully saturated rings. The number of carbonyl (C=O) groups is 3. The molecule has 9 nitrogen and oxygen atoms in total. The Labute approximate surface area is 188 Å². The van der Waals surface area contributed by atoms with E-state index in [1.54, 1.807) is 20.3 Å². The van der Waals surface area contributed by atoms with Crippen LogP contribution in [0.2, 0.25) is 0 Å². The summed E-state index contributed by atoms with van der Waals surface area (Å²) in [6, 6.07) is 4.46. The molecule has 4 amide bonds.